The first-order chi connectivity index (χ1) is 16.4. The van der Waals surface area contributed by atoms with Gasteiger partial charge in [-0.25, -0.2) is 9.37 Å². The molecule has 0 radical (unpaired) electrons. The second-order valence-corrected chi connectivity index (χ2v) is 9.64. The number of halogens is 1. The fraction of sp³-hybridized carbons (Fsp3) is 0.481. The highest BCUT2D eigenvalue weighted by Gasteiger charge is 2.34. The van der Waals surface area contributed by atoms with Gasteiger partial charge in [0.15, 0.2) is 0 Å². The summed E-state index contributed by atoms with van der Waals surface area (Å²) in [4.78, 5) is 22.0. The van der Waals surface area contributed by atoms with E-state index in [0.717, 1.165) is 30.4 Å². The Labute approximate surface area is 201 Å². The molecule has 1 aromatic carbocycles. The molecule has 0 spiro atoms. The zero-order chi connectivity index (χ0) is 24.2. The Morgan fingerprint density at radius 2 is 2.09 bits per heavy atom. The van der Waals surface area contributed by atoms with Crippen LogP contribution in [0.15, 0.2) is 42.6 Å². The van der Waals surface area contributed by atoms with Gasteiger partial charge in [0.05, 0.1) is 12.6 Å². The van der Waals surface area contributed by atoms with Crippen LogP contribution in [0.2, 0.25) is 0 Å². The minimum atomic E-state index is -0.312. The summed E-state index contributed by atoms with van der Waals surface area (Å²) in [7, 11) is 2.00. The Kier molecular flexibility index (Phi) is 7.63. The Morgan fingerprint density at radius 3 is 2.76 bits per heavy atom. The lowest BCUT2D eigenvalue weighted by atomic mass is 9.99. The number of aromatic nitrogens is 1. The predicted octanol–water partition coefficient (Wildman–Crippen LogP) is 4.14. The van der Waals surface area contributed by atoms with E-state index in [-0.39, 0.29) is 36.4 Å². The van der Waals surface area contributed by atoms with E-state index in [9.17, 15) is 14.3 Å². The number of fused-ring (bicyclic) bond motifs is 1. The summed E-state index contributed by atoms with van der Waals surface area (Å²) in [6.45, 7) is 5.55. The van der Waals surface area contributed by atoms with Gasteiger partial charge in [-0.3, -0.25) is 9.69 Å². The first kappa shape index (κ1) is 24.4. The fourth-order valence-corrected chi connectivity index (χ4v) is 4.70. The van der Waals surface area contributed by atoms with Crippen molar-refractivity contribution in [1.82, 2.24) is 14.8 Å². The number of likely N-dealkylation sites (N-methyl/N-ethyl adjacent to an activating group) is 1. The minimum absolute atomic E-state index is 0.0146. The molecular formula is C27H34FN3O3. The van der Waals surface area contributed by atoms with Crippen molar-refractivity contribution in [3.63, 3.8) is 0 Å². The third-order valence-corrected chi connectivity index (χ3v) is 6.79. The van der Waals surface area contributed by atoms with Gasteiger partial charge in [0.1, 0.15) is 17.5 Å². The predicted molar refractivity (Wildman–Crippen MR) is 130 cm³/mol. The molecule has 3 atom stereocenters. The third kappa shape index (κ3) is 5.47. The first-order valence-corrected chi connectivity index (χ1v) is 12.1. The quantitative estimate of drug-likeness (QED) is 0.663. The zero-order valence-electron chi connectivity index (χ0n) is 20.2. The highest BCUT2D eigenvalue weighted by atomic mass is 19.1. The van der Waals surface area contributed by atoms with E-state index < -0.39 is 0 Å². The van der Waals surface area contributed by atoms with Crippen molar-refractivity contribution in [3.8, 4) is 5.88 Å². The monoisotopic (exact) mass is 467 g/mol. The Hall–Kier alpha value is -2.77. The summed E-state index contributed by atoms with van der Waals surface area (Å²) in [6.07, 6.45) is 6.94. The van der Waals surface area contributed by atoms with Crippen LogP contribution in [0.25, 0.3) is 5.57 Å². The molecule has 7 heteroatoms. The molecule has 0 saturated carbocycles. The molecule has 34 heavy (non-hydrogen) atoms. The van der Waals surface area contributed by atoms with Crippen LogP contribution in [0, 0.1) is 11.7 Å². The molecule has 4 rings (SSSR count). The molecule has 182 valence electrons. The summed E-state index contributed by atoms with van der Waals surface area (Å²) >= 11 is 0. The van der Waals surface area contributed by atoms with Crippen molar-refractivity contribution in [2.75, 3.05) is 26.7 Å². The van der Waals surface area contributed by atoms with Crippen molar-refractivity contribution in [3.05, 3.63) is 65.1 Å². The second kappa shape index (κ2) is 10.7. The van der Waals surface area contributed by atoms with Gasteiger partial charge in [-0.15, -0.1) is 0 Å². The fourth-order valence-electron chi connectivity index (χ4n) is 4.70. The second-order valence-electron chi connectivity index (χ2n) is 9.64. The molecule has 2 heterocycles. The highest BCUT2D eigenvalue weighted by Crippen LogP contribution is 2.32. The summed E-state index contributed by atoms with van der Waals surface area (Å²) in [6, 6.07) is 8.09. The summed E-state index contributed by atoms with van der Waals surface area (Å²) in [5.41, 5.74) is 3.64. The van der Waals surface area contributed by atoms with Crippen LogP contribution in [0.3, 0.4) is 0 Å². The van der Waals surface area contributed by atoms with Gasteiger partial charge in [-0.05, 0) is 68.1 Å². The molecular weight excluding hydrogens is 433 g/mol. The smallest absolute Gasteiger partial charge is 0.259 e. The summed E-state index contributed by atoms with van der Waals surface area (Å²) in [5, 5.41) is 9.84. The van der Waals surface area contributed by atoms with Crippen molar-refractivity contribution in [1.29, 1.82) is 0 Å². The number of ether oxygens (including phenoxy) is 1. The average Bonchev–Trinajstić information content (AvgIpc) is 3.37. The normalized spacial score (nSPS) is 21.5. The maximum Gasteiger partial charge on any atom is 0.259 e. The molecule has 2 aliphatic rings. The van der Waals surface area contributed by atoms with E-state index >= 15 is 0 Å². The molecule has 0 bridgehead atoms. The number of pyridine rings is 1. The van der Waals surface area contributed by atoms with Crippen LogP contribution in [0.1, 0.15) is 54.6 Å². The van der Waals surface area contributed by atoms with Gasteiger partial charge in [-0.1, -0.05) is 25.1 Å². The third-order valence-electron chi connectivity index (χ3n) is 6.79. The maximum atomic E-state index is 13.5. The highest BCUT2D eigenvalue weighted by molar-refractivity contribution is 5.97. The minimum Gasteiger partial charge on any atom is -0.472 e. The molecule has 0 unspecified atom stereocenters. The van der Waals surface area contributed by atoms with Crippen molar-refractivity contribution < 1.29 is 19.0 Å². The van der Waals surface area contributed by atoms with E-state index in [4.69, 9.17) is 4.74 Å². The number of allylic oxidation sites excluding steroid dienone is 2. The van der Waals surface area contributed by atoms with Gasteiger partial charge >= 0.3 is 0 Å². The van der Waals surface area contributed by atoms with Gasteiger partial charge in [0.25, 0.3) is 5.91 Å². The van der Waals surface area contributed by atoms with Crippen molar-refractivity contribution in [2.24, 2.45) is 5.92 Å². The number of nitrogens with zero attached hydrogens (tertiary/aromatic N) is 3. The van der Waals surface area contributed by atoms with Crippen LogP contribution in [-0.2, 0) is 6.54 Å². The number of carbonyl (C=O) groups is 1. The van der Waals surface area contributed by atoms with Gasteiger partial charge in [0, 0.05) is 31.7 Å². The summed E-state index contributed by atoms with van der Waals surface area (Å²) < 4.78 is 19.7. The molecule has 1 aromatic heterocycles. The molecule has 1 aliphatic carbocycles. The van der Waals surface area contributed by atoms with Crippen LogP contribution in [-0.4, -0.2) is 64.7 Å². The number of hydrogen-bond donors (Lipinski definition) is 1. The van der Waals surface area contributed by atoms with Crippen LogP contribution in [0.5, 0.6) is 5.88 Å². The maximum absolute atomic E-state index is 13.5. The first-order valence-electron chi connectivity index (χ1n) is 12.1. The number of amides is 1. The van der Waals surface area contributed by atoms with E-state index in [1.807, 2.05) is 20.0 Å². The Bertz CT molecular complexity index is 1040. The number of rotatable bonds is 7. The number of carbonyl (C=O) groups excluding carboxylic acids is 1. The molecule has 6 nitrogen and oxygen atoms in total. The molecule has 2 aromatic rings. The van der Waals surface area contributed by atoms with Crippen LogP contribution < -0.4 is 4.74 Å². The molecule has 0 saturated heterocycles. The van der Waals surface area contributed by atoms with Crippen molar-refractivity contribution >= 4 is 11.5 Å². The van der Waals surface area contributed by atoms with E-state index in [0.29, 0.717) is 31.1 Å². The van der Waals surface area contributed by atoms with Crippen LogP contribution >= 0.6 is 0 Å². The average molecular weight is 468 g/mol. The number of aliphatic hydroxyl groups is 1. The standard InChI is InChI=1S/C27H34FN3O3/c1-18-14-31(19(2)17-32)27(33)24-12-22(21-6-4-5-7-21)13-29-26(24)34-25(18)16-30(3)15-20-8-10-23(28)11-9-20/h6,8-13,18-19,25,32H,4-5,7,14-17H2,1-3H3/t18-,19-,25-/m1/s1. The molecule has 1 N–H and O–H groups in total. The lowest BCUT2D eigenvalue weighted by molar-refractivity contribution is 0.0325. The van der Waals surface area contributed by atoms with Crippen molar-refractivity contribution in [2.45, 2.75) is 51.8 Å². The number of benzene rings is 1. The topological polar surface area (TPSA) is 65.9 Å². The van der Waals surface area contributed by atoms with Gasteiger partial charge in [-0.2, -0.15) is 0 Å². The SMILES string of the molecule is C[C@@H]1CN([C@H](C)CO)C(=O)c2cc(C3=CCCC3)cnc2O[C@@H]1CN(C)Cc1ccc(F)cc1. The van der Waals surface area contributed by atoms with Crippen LogP contribution in [0.4, 0.5) is 4.39 Å². The van der Waals surface area contributed by atoms with Gasteiger partial charge in [0.2, 0.25) is 5.88 Å². The molecule has 1 aliphatic heterocycles. The van der Waals surface area contributed by atoms with Gasteiger partial charge < -0.3 is 14.7 Å². The molecule has 0 fully saturated rings. The van der Waals surface area contributed by atoms with E-state index in [2.05, 4.69) is 22.9 Å². The number of hydrogen-bond acceptors (Lipinski definition) is 5. The Balaban J connectivity index is 1.61. The molecule has 1 amide bonds. The Morgan fingerprint density at radius 1 is 1.32 bits per heavy atom. The van der Waals surface area contributed by atoms with E-state index in [1.54, 1.807) is 23.2 Å². The lowest BCUT2D eigenvalue weighted by Crippen LogP contribution is -2.49. The number of aliphatic hydroxyl groups excluding tert-OH is 1. The van der Waals surface area contributed by atoms with E-state index in [1.165, 1.54) is 17.7 Å². The zero-order valence-corrected chi connectivity index (χ0v) is 20.2. The largest absolute Gasteiger partial charge is 0.472 e. The summed E-state index contributed by atoms with van der Waals surface area (Å²) in [5.74, 6) is -0.0500. The lowest BCUT2D eigenvalue weighted by Gasteiger charge is -2.37.